The summed E-state index contributed by atoms with van der Waals surface area (Å²) < 4.78 is 1.74. The second kappa shape index (κ2) is 3.38. The lowest BCUT2D eigenvalue weighted by molar-refractivity contribution is -0.120. The number of hydrogen-bond donors (Lipinski definition) is 2. The number of rotatable bonds is 2. The monoisotopic (exact) mass is 208 g/mol. The van der Waals surface area contributed by atoms with E-state index in [0.717, 1.165) is 0 Å². The van der Waals surface area contributed by atoms with Gasteiger partial charge in [-0.25, -0.2) is 4.79 Å². The van der Waals surface area contributed by atoms with Crippen LogP contribution in [0.15, 0.2) is 12.4 Å². The van der Waals surface area contributed by atoms with Crippen LogP contribution in [0.3, 0.4) is 0 Å². The second-order valence-corrected chi connectivity index (χ2v) is 3.74. The molecule has 2 heterocycles. The maximum Gasteiger partial charge on any atom is 0.322 e. The third-order valence-corrected chi connectivity index (χ3v) is 2.26. The fourth-order valence-corrected chi connectivity index (χ4v) is 1.44. The molecule has 0 aliphatic carbocycles. The third-order valence-electron chi connectivity index (χ3n) is 2.26. The lowest BCUT2D eigenvalue weighted by atomic mass is 10.2. The SMILES string of the molecule is CC(C)n1cc(C2NC(=O)NC2=O)cn1. The normalized spacial score (nSPS) is 20.6. The van der Waals surface area contributed by atoms with Crippen molar-refractivity contribution in [2.24, 2.45) is 0 Å². The Labute approximate surface area is 86.6 Å². The van der Waals surface area contributed by atoms with Gasteiger partial charge in [-0.1, -0.05) is 0 Å². The van der Waals surface area contributed by atoms with E-state index in [2.05, 4.69) is 15.7 Å². The summed E-state index contributed by atoms with van der Waals surface area (Å²) >= 11 is 0. The van der Waals surface area contributed by atoms with Crippen molar-refractivity contribution in [3.63, 3.8) is 0 Å². The highest BCUT2D eigenvalue weighted by atomic mass is 16.2. The lowest BCUT2D eigenvalue weighted by Gasteiger charge is -2.05. The van der Waals surface area contributed by atoms with Gasteiger partial charge in [-0.15, -0.1) is 0 Å². The Balaban J connectivity index is 2.23. The Bertz CT molecular complexity index is 410. The molecule has 1 aliphatic rings. The van der Waals surface area contributed by atoms with E-state index in [1.807, 2.05) is 13.8 Å². The van der Waals surface area contributed by atoms with Crippen LogP contribution in [-0.4, -0.2) is 21.7 Å². The van der Waals surface area contributed by atoms with Crippen molar-refractivity contribution < 1.29 is 9.59 Å². The molecule has 2 N–H and O–H groups in total. The second-order valence-electron chi connectivity index (χ2n) is 3.74. The molecule has 1 aliphatic heterocycles. The number of imide groups is 1. The highest BCUT2D eigenvalue weighted by Gasteiger charge is 2.31. The Morgan fingerprint density at radius 1 is 1.47 bits per heavy atom. The molecule has 0 radical (unpaired) electrons. The average Bonchev–Trinajstić information content (AvgIpc) is 2.71. The molecule has 1 fully saturated rings. The van der Waals surface area contributed by atoms with E-state index in [9.17, 15) is 9.59 Å². The van der Waals surface area contributed by atoms with Crippen molar-refractivity contribution in [1.29, 1.82) is 0 Å². The summed E-state index contributed by atoms with van der Waals surface area (Å²) in [5.41, 5.74) is 0.701. The Hall–Kier alpha value is -1.85. The maximum atomic E-state index is 11.3. The van der Waals surface area contributed by atoms with Crippen LogP contribution in [0, 0.1) is 0 Å². The predicted molar refractivity (Wildman–Crippen MR) is 52.0 cm³/mol. The summed E-state index contributed by atoms with van der Waals surface area (Å²) in [4.78, 5) is 22.2. The third kappa shape index (κ3) is 1.70. The van der Waals surface area contributed by atoms with Gasteiger partial charge in [-0.3, -0.25) is 14.8 Å². The van der Waals surface area contributed by atoms with Gasteiger partial charge in [0.1, 0.15) is 6.04 Å². The zero-order chi connectivity index (χ0) is 11.0. The summed E-state index contributed by atoms with van der Waals surface area (Å²) in [5, 5.41) is 8.80. The number of aromatic nitrogens is 2. The van der Waals surface area contributed by atoms with Crippen LogP contribution in [0.5, 0.6) is 0 Å². The standard InChI is InChI=1S/C9H12N4O2/c1-5(2)13-4-6(3-10-13)7-8(14)12-9(15)11-7/h3-5,7H,1-2H3,(H2,11,12,14,15). The number of amides is 3. The van der Waals surface area contributed by atoms with Gasteiger partial charge in [0.25, 0.3) is 5.91 Å². The van der Waals surface area contributed by atoms with Gasteiger partial charge >= 0.3 is 6.03 Å². The molecule has 6 heteroatoms. The largest absolute Gasteiger partial charge is 0.322 e. The molecule has 1 aromatic heterocycles. The van der Waals surface area contributed by atoms with Crippen LogP contribution < -0.4 is 10.6 Å². The van der Waals surface area contributed by atoms with E-state index in [4.69, 9.17) is 0 Å². The zero-order valence-corrected chi connectivity index (χ0v) is 8.52. The molecule has 2 rings (SSSR count). The van der Waals surface area contributed by atoms with Crippen LogP contribution in [0.4, 0.5) is 4.79 Å². The van der Waals surface area contributed by atoms with Gasteiger partial charge in [0.2, 0.25) is 0 Å². The first kappa shape index (κ1) is 9.70. The molecule has 0 bridgehead atoms. The highest BCUT2D eigenvalue weighted by Crippen LogP contribution is 2.16. The highest BCUT2D eigenvalue weighted by molar-refractivity contribution is 6.04. The fraction of sp³-hybridized carbons (Fsp3) is 0.444. The number of carbonyl (C=O) groups excluding carboxylic acids is 2. The Morgan fingerprint density at radius 3 is 2.67 bits per heavy atom. The molecule has 1 atom stereocenters. The molecule has 80 valence electrons. The van der Waals surface area contributed by atoms with E-state index in [0.29, 0.717) is 5.56 Å². The maximum absolute atomic E-state index is 11.3. The van der Waals surface area contributed by atoms with Crippen LogP contribution in [0.1, 0.15) is 31.5 Å². The first-order chi connectivity index (χ1) is 7.08. The summed E-state index contributed by atoms with van der Waals surface area (Å²) in [6, 6.07) is -0.828. The van der Waals surface area contributed by atoms with Crippen molar-refractivity contribution in [3.05, 3.63) is 18.0 Å². The summed E-state index contributed by atoms with van der Waals surface area (Å²) in [6.45, 7) is 3.98. The minimum Gasteiger partial charge on any atom is -0.322 e. The number of nitrogens with one attached hydrogen (secondary N) is 2. The molecule has 1 unspecified atom stereocenters. The quantitative estimate of drug-likeness (QED) is 0.688. The minimum absolute atomic E-state index is 0.235. The number of hydrogen-bond acceptors (Lipinski definition) is 3. The summed E-state index contributed by atoms with van der Waals surface area (Å²) in [5.74, 6) is -0.330. The van der Waals surface area contributed by atoms with Gasteiger partial charge in [-0.2, -0.15) is 5.10 Å². The molecule has 6 nitrogen and oxygen atoms in total. The first-order valence-electron chi connectivity index (χ1n) is 4.73. The Kier molecular flexibility index (Phi) is 2.18. The minimum atomic E-state index is -0.606. The number of carbonyl (C=O) groups is 2. The van der Waals surface area contributed by atoms with Crippen molar-refractivity contribution in [2.45, 2.75) is 25.9 Å². The van der Waals surface area contributed by atoms with E-state index < -0.39 is 12.1 Å². The molecule has 0 aromatic carbocycles. The van der Waals surface area contributed by atoms with Gasteiger partial charge in [-0.05, 0) is 13.8 Å². The number of urea groups is 1. The average molecular weight is 208 g/mol. The van der Waals surface area contributed by atoms with Gasteiger partial charge in [0.05, 0.1) is 6.20 Å². The van der Waals surface area contributed by atoms with Crippen molar-refractivity contribution in [2.75, 3.05) is 0 Å². The first-order valence-corrected chi connectivity index (χ1v) is 4.73. The smallest absolute Gasteiger partial charge is 0.322 e. The van der Waals surface area contributed by atoms with E-state index in [1.54, 1.807) is 17.1 Å². The van der Waals surface area contributed by atoms with Crippen LogP contribution in [-0.2, 0) is 4.79 Å². The van der Waals surface area contributed by atoms with Crippen LogP contribution in [0.25, 0.3) is 0 Å². The van der Waals surface area contributed by atoms with E-state index >= 15 is 0 Å². The van der Waals surface area contributed by atoms with E-state index in [1.165, 1.54) is 0 Å². The topological polar surface area (TPSA) is 76.0 Å². The molecular weight excluding hydrogens is 196 g/mol. The summed E-state index contributed by atoms with van der Waals surface area (Å²) in [7, 11) is 0. The van der Waals surface area contributed by atoms with Crippen molar-refractivity contribution in [3.8, 4) is 0 Å². The molecule has 1 saturated heterocycles. The molecule has 1 aromatic rings. The predicted octanol–water partition coefficient (Wildman–Crippen LogP) is 0.345. The van der Waals surface area contributed by atoms with E-state index in [-0.39, 0.29) is 11.9 Å². The molecule has 0 saturated carbocycles. The van der Waals surface area contributed by atoms with Gasteiger partial charge < -0.3 is 5.32 Å². The van der Waals surface area contributed by atoms with Gasteiger partial charge in [0.15, 0.2) is 0 Å². The Morgan fingerprint density at radius 2 is 2.20 bits per heavy atom. The summed E-state index contributed by atoms with van der Waals surface area (Å²) in [6.07, 6.45) is 3.36. The van der Waals surface area contributed by atoms with Gasteiger partial charge in [0, 0.05) is 17.8 Å². The zero-order valence-electron chi connectivity index (χ0n) is 8.52. The van der Waals surface area contributed by atoms with Crippen molar-refractivity contribution >= 4 is 11.9 Å². The van der Waals surface area contributed by atoms with Crippen LogP contribution >= 0.6 is 0 Å². The molecule has 3 amide bonds. The van der Waals surface area contributed by atoms with Crippen LogP contribution in [0.2, 0.25) is 0 Å². The fourth-order valence-electron chi connectivity index (χ4n) is 1.44. The van der Waals surface area contributed by atoms with Crippen molar-refractivity contribution in [1.82, 2.24) is 20.4 Å². The lowest BCUT2D eigenvalue weighted by Crippen LogP contribution is -2.22. The molecular formula is C9H12N4O2. The number of nitrogens with zero attached hydrogens (tertiary/aromatic N) is 2. The molecule has 15 heavy (non-hydrogen) atoms. The molecule has 0 spiro atoms.